The van der Waals surface area contributed by atoms with Crippen molar-refractivity contribution in [1.82, 2.24) is 5.32 Å². The lowest BCUT2D eigenvalue weighted by Crippen LogP contribution is -2.23. The molecule has 0 radical (unpaired) electrons. The lowest BCUT2D eigenvalue weighted by Gasteiger charge is -2.10. The molecule has 3 N–H and O–H groups in total. The van der Waals surface area contributed by atoms with Crippen molar-refractivity contribution in [3.05, 3.63) is 95.8 Å². The zero-order chi connectivity index (χ0) is 19.1. The van der Waals surface area contributed by atoms with Gasteiger partial charge in [0.1, 0.15) is 5.82 Å². The van der Waals surface area contributed by atoms with E-state index < -0.39 is 6.03 Å². The van der Waals surface area contributed by atoms with Gasteiger partial charge < -0.3 is 16.0 Å². The first-order chi connectivity index (χ1) is 13.1. The molecule has 0 fully saturated rings. The van der Waals surface area contributed by atoms with Gasteiger partial charge in [0.25, 0.3) is 5.91 Å². The molecule has 0 unspecified atom stereocenters. The fourth-order valence-corrected chi connectivity index (χ4v) is 2.45. The number of halogens is 1. The molecular weight excluding hydrogens is 345 g/mol. The van der Waals surface area contributed by atoms with Crippen molar-refractivity contribution in [3.63, 3.8) is 0 Å². The van der Waals surface area contributed by atoms with E-state index >= 15 is 0 Å². The molecule has 0 aromatic heterocycles. The van der Waals surface area contributed by atoms with E-state index in [9.17, 15) is 14.0 Å². The van der Waals surface area contributed by atoms with Crippen LogP contribution >= 0.6 is 0 Å². The van der Waals surface area contributed by atoms with Crippen molar-refractivity contribution in [3.8, 4) is 0 Å². The third-order valence-electron chi connectivity index (χ3n) is 3.78. The van der Waals surface area contributed by atoms with Crippen molar-refractivity contribution >= 4 is 23.3 Å². The van der Waals surface area contributed by atoms with Gasteiger partial charge in [0.2, 0.25) is 0 Å². The highest BCUT2D eigenvalue weighted by molar-refractivity contribution is 6.01. The number of rotatable bonds is 5. The van der Waals surface area contributed by atoms with Crippen LogP contribution in [0.5, 0.6) is 0 Å². The van der Waals surface area contributed by atoms with E-state index in [2.05, 4.69) is 16.0 Å². The summed E-state index contributed by atoms with van der Waals surface area (Å²) in [5, 5.41) is 8.08. The molecule has 5 nitrogen and oxygen atoms in total. The summed E-state index contributed by atoms with van der Waals surface area (Å²) in [7, 11) is 0. The number of amides is 3. The molecule has 0 saturated carbocycles. The van der Waals surface area contributed by atoms with Crippen molar-refractivity contribution in [1.29, 1.82) is 0 Å². The summed E-state index contributed by atoms with van der Waals surface area (Å²) in [6.45, 7) is 0.419. The molecule has 0 bridgehead atoms. The Balaban J connectivity index is 1.58. The van der Waals surface area contributed by atoms with Gasteiger partial charge in [0, 0.05) is 23.5 Å². The molecule has 0 aliphatic heterocycles. The molecule has 0 atom stereocenters. The van der Waals surface area contributed by atoms with Crippen molar-refractivity contribution in [2.45, 2.75) is 6.54 Å². The number of benzene rings is 3. The molecule has 0 aliphatic carbocycles. The predicted molar refractivity (Wildman–Crippen MR) is 103 cm³/mol. The van der Waals surface area contributed by atoms with Gasteiger partial charge in [-0.2, -0.15) is 0 Å². The lowest BCUT2D eigenvalue weighted by atomic mass is 10.1. The maximum atomic E-state index is 12.9. The first kappa shape index (κ1) is 18.1. The Morgan fingerprint density at radius 3 is 2.22 bits per heavy atom. The summed E-state index contributed by atoms with van der Waals surface area (Å²) in [4.78, 5) is 24.3. The van der Waals surface area contributed by atoms with Gasteiger partial charge >= 0.3 is 6.03 Å². The van der Waals surface area contributed by atoms with E-state index in [0.717, 1.165) is 5.56 Å². The van der Waals surface area contributed by atoms with Crippen molar-refractivity contribution in [2.24, 2.45) is 0 Å². The van der Waals surface area contributed by atoms with E-state index in [4.69, 9.17) is 0 Å². The van der Waals surface area contributed by atoms with E-state index in [1.54, 1.807) is 24.3 Å². The summed E-state index contributed by atoms with van der Waals surface area (Å²) in [5.41, 5.74) is 2.37. The molecule has 27 heavy (non-hydrogen) atoms. The normalized spacial score (nSPS) is 10.1. The minimum absolute atomic E-state index is 0.235. The number of nitrogens with one attached hydrogen (secondary N) is 3. The Labute approximate surface area is 156 Å². The van der Waals surface area contributed by atoms with Crippen LogP contribution in [0.1, 0.15) is 15.9 Å². The second-order valence-electron chi connectivity index (χ2n) is 5.84. The summed E-state index contributed by atoms with van der Waals surface area (Å²) < 4.78 is 12.9. The van der Waals surface area contributed by atoms with Crippen LogP contribution in [0.25, 0.3) is 0 Å². The van der Waals surface area contributed by atoms with Gasteiger partial charge in [-0.1, -0.05) is 36.4 Å². The number of anilines is 2. The maximum Gasteiger partial charge on any atom is 0.323 e. The van der Waals surface area contributed by atoms with Gasteiger partial charge in [0.05, 0.1) is 0 Å². The third-order valence-corrected chi connectivity index (χ3v) is 3.78. The van der Waals surface area contributed by atoms with Crippen molar-refractivity contribution < 1.29 is 14.0 Å². The SMILES string of the molecule is O=C(Nc1ccc(F)cc1)Nc1cccc(C(=O)NCc2ccccc2)c1. The third kappa shape index (κ3) is 5.40. The quantitative estimate of drug-likeness (QED) is 0.629. The van der Waals surface area contributed by atoms with Gasteiger partial charge in [-0.05, 0) is 48.0 Å². The van der Waals surface area contributed by atoms with E-state index in [0.29, 0.717) is 23.5 Å². The zero-order valence-corrected chi connectivity index (χ0v) is 14.4. The lowest BCUT2D eigenvalue weighted by molar-refractivity contribution is 0.0951. The van der Waals surface area contributed by atoms with Gasteiger partial charge in [-0.15, -0.1) is 0 Å². The number of carbonyl (C=O) groups is 2. The first-order valence-electron chi connectivity index (χ1n) is 8.36. The summed E-state index contributed by atoms with van der Waals surface area (Å²) in [5.74, 6) is -0.614. The van der Waals surface area contributed by atoms with Crippen molar-refractivity contribution in [2.75, 3.05) is 10.6 Å². The largest absolute Gasteiger partial charge is 0.348 e. The molecule has 136 valence electrons. The molecule has 3 rings (SSSR count). The van der Waals surface area contributed by atoms with Crippen LogP contribution in [0.3, 0.4) is 0 Å². The van der Waals surface area contributed by atoms with Crippen LogP contribution in [-0.2, 0) is 6.54 Å². The predicted octanol–water partition coefficient (Wildman–Crippen LogP) is 4.40. The summed E-state index contributed by atoms with van der Waals surface area (Å²) in [6.07, 6.45) is 0. The first-order valence-corrected chi connectivity index (χ1v) is 8.36. The van der Waals surface area contributed by atoms with Gasteiger partial charge in [-0.25, -0.2) is 9.18 Å². The number of hydrogen-bond acceptors (Lipinski definition) is 2. The van der Waals surface area contributed by atoms with Gasteiger partial charge in [-0.3, -0.25) is 4.79 Å². The Kier molecular flexibility index (Phi) is 5.79. The monoisotopic (exact) mass is 363 g/mol. The molecule has 6 heteroatoms. The molecule has 3 aromatic carbocycles. The van der Waals surface area contributed by atoms with Crippen LogP contribution in [0, 0.1) is 5.82 Å². The molecule has 0 aliphatic rings. The second-order valence-corrected chi connectivity index (χ2v) is 5.84. The van der Waals surface area contributed by atoms with Crippen LogP contribution in [-0.4, -0.2) is 11.9 Å². The zero-order valence-electron chi connectivity index (χ0n) is 14.4. The minimum atomic E-state index is -0.483. The number of carbonyl (C=O) groups excluding carboxylic acids is 2. The van der Waals surface area contributed by atoms with Crippen LogP contribution in [0.15, 0.2) is 78.9 Å². The standard InChI is InChI=1S/C21H18FN3O2/c22-17-9-11-18(12-10-17)24-21(27)25-19-8-4-7-16(13-19)20(26)23-14-15-5-2-1-3-6-15/h1-13H,14H2,(H,23,26)(H2,24,25,27). The molecule has 0 saturated heterocycles. The van der Waals surface area contributed by atoms with E-state index in [-0.39, 0.29) is 11.7 Å². The van der Waals surface area contributed by atoms with E-state index in [1.807, 2.05) is 30.3 Å². The molecule has 0 spiro atoms. The fourth-order valence-electron chi connectivity index (χ4n) is 2.45. The Bertz CT molecular complexity index is 928. The van der Waals surface area contributed by atoms with E-state index in [1.165, 1.54) is 24.3 Å². The Morgan fingerprint density at radius 1 is 0.778 bits per heavy atom. The highest BCUT2D eigenvalue weighted by atomic mass is 19.1. The number of urea groups is 1. The Hall–Kier alpha value is -3.67. The second kappa shape index (κ2) is 8.62. The van der Waals surface area contributed by atoms with Crippen LogP contribution in [0.4, 0.5) is 20.6 Å². The van der Waals surface area contributed by atoms with Crippen LogP contribution < -0.4 is 16.0 Å². The smallest absolute Gasteiger partial charge is 0.323 e. The molecule has 3 aromatic rings. The highest BCUT2D eigenvalue weighted by Gasteiger charge is 2.08. The fraction of sp³-hybridized carbons (Fsp3) is 0.0476. The topological polar surface area (TPSA) is 70.2 Å². The maximum absolute atomic E-state index is 12.9. The average Bonchev–Trinajstić information content (AvgIpc) is 2.69. The molecule has 3 amide bonds. The van der Waals surface area contributed by atoms with Crippen LogP contribution in [0.2, 0.25) is 0 Å². The minimum Gasteiger partial charge on any atom is -0.348 e. The van der Waals surface area contributed by atoms with Gasteiger partial charge in [0.15, 0.2) is 0 Å². The number of hydrogen-bond donors (Lipinski definition) is 3. The average molecular weight is 363 g/mol. The summed E-state index contributed by atoms with van der Waals surface area (Å²) >= 11 is 0. The molecular formula is C21H18FN3O2. The highest BCUT2D eigenvalue weighted by Crippen LogP contribution is 2.13. The summed E-state index contributed by atoms with van der Waals surface area (Å²) in [6, 6.07) is 21.2. The molecule has 0 heterocycles. The Morgan fingerprint density at radius 2 is 1.48 bits per heavy atom.